The van der Waals surface area contributed by atoms with Crippen LogP contribution >= 0.6 is 0 Å². The maximum Gasteiger partial charge on any atom is 0.270 e. The fourth-order valence-corrected chi connectivity index (χ4v) is 3.06. The molecule has 0 fully saturated rings. The number of hydrogen-bond donors (Lipinski definition) is 2. The molecule has 1 aliphatic heterocycles. The third-order valence-corrected chi connectivity index (χ3v) is 4.66. The Hall–Kier alpha value is -3.68. The second-order valence-corrected chi connectivity index (χ2v) is 6.75. The monoisotopic (exact) mass is 411 g/mol. The molecule has 0 radical (unpaired) electrons. The number of benzene rings is 2. The number of carbonyl (C=O) groups excluding carboxylic acids is 3. The van der Waals surface area contributed by atoms with E-state index in [2.05, 4.69) is 15.6 Å². The van der Waals surface area contributed by atoms with Gasteiger partial charge in [-0.05, 0) is 42.3 Å². The predicted octanol–water partition coefficient (Wildman–Crippen LogP) is 3.11. The summed E-state index contributed by atoms with van der Waals surface area (Å²) >= 11 is 0. The molecule has 0 unspecified atom stereocenters. The van der Waals surface area contributed by atoms with Gasteiger partial charge in [-0.15, -0.1) is 0 Å². The van der Waals surface area contributed by atoms with Crippen LogP contribution < -0.4 is 10.6 Å². The molecule has 2 aromatic rings. The van der Waals surface area contributed by atoms with E-state index in [4.69, 9.17) is 0 Å². The van der Waals surface area contributed by atoms with Crippen molar-refractivity contribution in [2.24, 2.45) is 4.99 Å². The lowest BCUT2D eigenvalue weighted by Crippen LogP contribution is -2.23. The van der Waals surface area contributed by atoms with Gasteiger partial charge in [0.25, 0.3) is 11.8 Å². The highest BCUT2D eigenvalue weighted by molar-refractivity contribution is 6.13. The quantitative estimate of drug-likeness (QED) is 0.716. The van der Waals surface area contributed by atoms with Crippen molar-refractivity contribution in [3.8, 4) is 0 Å². The molecule has 8 heteroatoms. The predicted molar refractivity (Wildman–Crippen MR) is 108 cm³/mol. The van der Waals surface area contributed by atoms with Crippen LogP contribution in [0.15, 0.2) is 52.7 Å². The molecule has 6 nitrogen and oxygen atoms in total. The van der Waals surface area contributed by atoms with Crippen molar-refractivity contribution in [1.29, 1.82) is 0 Å². The second kappa shape index (κ2) is 8.77. The topological polar surface area (TPSA) is 87.6 Å². The van der Waals surface area contributed by atoms with Gasteiger partial charge >= 0.3 is 0 Å². The normalized spacial score (nSPS) is 12.8. The highest BCUT2D eigenvalue weighted by Gasteiger charge is 2.23. The summed E-state index contributed by atoms with van der Waals surface area (Å²) in [7, 11) is 1.46. The number of carbonyl (C=O) groups is 3. The Balaban J connectivity index is 1.68. The molecule has 2 aromatic carbocycles. The lowest BCUT2D eigenvalue weighted by molar-refractivity contribution is -0.118. The summed E-state index contributed by atoms with van der Waals surface area (Å²) < 4.78 is 26.7. The number of likely N-dealkylation sites (N-methyl/N-ethyl adjacent to an activating group) is 1. The maximum absolute atomic E-state index is 13.5. The lowest BCUT2D eigenvalue weighted by atomic mass is 9.98. The van der Waals surface area contributed by atoms with E-state index < -0.39 is 23.4 Å². The largest absolute Gasteiger partial charge is 0.354 e. The highest BCUT2D eigenvalue weighted by Crippen LogP contribution is 2.20. The van der Waals surface area contributed by atoms with Crippen LogP contribution in [0.2, 0.25) is 0 Å². The van der Waals surface area contributed by atoms with Gasteiger partial charge in [-0.3, -0.25) is 19.4 Å². The van der Waals surface area contributed by atoms with Crippen LogP contribution in [0, 0.1) is 18.6 Å². The molecule has 2 N–H and O–H groups in total. The van der Waals surface area contributed by atoms with E-state index in [1.807, 2.05) is 0 Å². The summed E-state index contributed by atoms with van der Waals surface area (Å²) in [6.07, 6.45) is 1.75. The van der Waals surface area contributed by atoms with Crippen molar-refractivity contribution >= 4 is 29.5 Å². The van der Waals surface area contributed by atoms with Gasteiger partial charge in [0.05, 0.1) is 5.57 Å². The molecule has 1 heterocycles. The number of nitrogens with one attached hydrogen (secondary N) is 2. The zero-order valence-electron chi connectivity index (χ0n) is 16.4. The first kappa shape index (κ1) is 21.0. The summed E-state index contributed by atoms with van der Waals surface area (Å²) in [6.45, 7) is 1.54. The highest BCUT2D eigenvalue weighted by atomic mass is 19.2. The van der Waals surface area contributed by atoms with E-state index in [1.165, 1.54) is 13.3 Å². The third-order valence-electron chi connectivity index (χ3n) is 4.66. The van der Waals surface area contributed by atoms with Gasteiger partial charge in [0.15, 0.2) is 17.4 Å². The number of hydrogen-bond acceptors (Lipinski definition) is 4. The molecule has 154 valence electrons. The van der Waals surface area contributed by atoms with Crippen LogP contribution in [0.3, 0.4) is 0 Å². The SMILES string of the molecule is CNC(=O)C1=C(C(=O)Nc2ccc(CC(=O)c3cc(F)c(F)cc3C)cc2)CC=N1. The third kappa shape index (κ3) is 4.48. The van der Waals surface area contributed by atoms with Crippen LogP contribution in [0.4, 0.5) is 14.5 Å². The number of anilines is 1. The fraction of sp³-hybridized carbons (Fsp3) is 0.182. The molecular weight excluding hydrogens is 392 g/mol. The molecule has 1 aliphatic rings. The summed E-state index contributed by atoms with van der Waals surface area (Å²) in [5.41, 5.74) is 1.97. The summed E-state index contributed by atoms with van der Waals surface area (Å²) in [6, 6.07) is 8.45. The van der Waals surface area contributed by atoms with Crippen LogP contribution in [0.1, 0.15) is 27.9 Å². The average Bonchev–Trinajstić information content (AvgIpc) is 3.21. The first-order chi connectivity index (χ1) is 14.3. The van der Waals surface area contributed by atoms with Crippen LogP contribution in [0.5, 0.6) is 0 Å². The fourth-order valence-electron chi connectivity index (χ4n) is 3.06. The second-order valence-electron chi connectivity index (χ2n) is 6.75. The van der Waals surface area contributed by atoms with E-state index in [9.17, 15) is 23.2 Å². The van der Waals surface area contributed by atoms with Gasteiger partial charge in [0, 0.05) is 37.4 Å². The summed E-state index contributed by atoms with van der Waals surface area (Å²) in [5.74, 6) is -3.27. The van der Waals surface area contributed by atoms with Crippen molar-refractivity contribution in [3.05, 3.63) is 76.0 Å². The summed E-state index contributed by atoms with van der Waals surface area (Å²) in [4.78, 5) is 40.6. The minimum atomic E-state index is -1.07. The van der Waals surface area contributed by atoms with Crippen molar-refractivity contribution in [2.45, 2.75) is 19.8 Å². The van der Waals surface area contributed by atoms with E-state index in [-0.39, 0.29) is 35.5 Å². The first-order valence-corrected chi connectivity index (χ1v) is 9.17. The van der Waals surface area contributed by atoms with Crippen LogP contribution in [-0.4, -0.2) is 30.9 Å². The van der Waals surface area contributed by atoms with E-state index in [0.29, 0.717) is 16.8 Å². The Morgan fingerprint density at radius 2 is 1.70 bits per heavy atom. The molecule has 3 rings (SSSR count). The Kier molecular flexibility index (Phi) is 6.15. The number of ketones is 1. The molecule has 0 saturated carbocycles. The smallest absolute Gasteiger partial charge is 0.270 e. The Labute approximate surface area is 171 Å². The van der Waals surface area contributed by atoms with Crippen LogP contribution in [-0.2, 0) is 16.0 Å². The molecule has 0 spiro atoms. The molecule has 0 atom stereocenters. The number of nitrogens with zero attached hydrogens (tertiary/aromatic N) is 1. The van der Waals surface area contributed by atoms with E-state index in [1.54, 1.807) is 31.2 Å². The summed E-state index contributed by atoms with van der Waals surface area (Å²) in [5, 5.41) is 5.13. The van der Waals surface area contributed by atoms with Gasteiger partial charge in [-0.25, -0.2) is 8.78 Å². The van der Waals surface area contributed by atoms with Gasteiger partial charge in [0.1, 0.15) is 5.70 Å². The van der Waals surface area contributed by atoms with Crippen molar-refractivity contribution in [3.63, 3.8) is 0 Å². The maximum atomic E-state index is 13.5. The molecule has 0 aromatic heterocycles. The number of rotatable bonds is 6. The van der Waals surface area contributed by atoms with E-state index >= 15 is 0 Å². The number of aryl methyl sites for hydroxylation is 1. The Morgan fingerprint density at radius 3 is 2.37 bits per heavy atom. The van der Waals surface area contributed by atoms with Gasteiger partial charge in [-0.2, -0.15) is 0 Å². The Bertz CT molecular complexity index is 1090. The van der Waals surface area contributed by atoms with E-state index in [0.717, 1.165) is 12.1 Å². The molecule has 2 amide bonds. The van der Waals surface area contributed by atoms with Crippen LogP contribution in [0.25, 0.3) is 0 Å². The molecule has 0 aliphatic carbocycles. The van der Waals surface area contributed by atoms with Crippen molar-refractivity contribution in [1.82, 2.24) is 5.32 Å². The van der Waals surface area contributed by atoms with Crippen molar-refractivity contribution < 1.29 is 23.2 Å². The molecular formula is C22H19F2N3O3. The van der Waals surface area contributed by atoms with Gasteiger partial charge in [0.2, 0.25) is 0 Å². The number of halogens is 2. The standard InChI is InChI=1S/C22H19F2N3O3/c1-12-9-17(23)18(24)11-16(12)19(28)10-13-3-5-14(6-4-13)27-21(29)15-7-8-26-20(15)22(30)25-2/h3-6,8-9,11H,7,10H2,1-2H3,(H,25,30)(H,27,29). The number of aliphatic imine (C=N–C) groups is 1. The Morgan fingerprint density at radius 1 is 1.03 bits per heavy atom. The minimum absolute atomic E-state index is 0.0000486. The average molecular weight is 411 g/mol. The lowest BCUT2D eigenvalue weighted by Gasteiger charge is -2.09. The minimum Gasteiger partial charge on any atom is -0.354 e. The zero-order chi connectivity index (χ0) is 21.8. The molecule has 30 heavy (non-hydrogen) atoms. The number of amides is 2. The molecule has 0 bridgehead atoms. The first-order valence-electron chi connectivity index (χ1n) is 9.17. The zero-order valence-corrected chi connectivity index (χ0v) is 16.4. The number of Topliss-reactive ketones (excluding diaryl/α,β-unsaturated/α-hetero) is 1. The van der Waals surface area contributed by atoms with Crippen molar-refractivity contribution in [2.75, 3.05) is 12.4 Å². The molecule has 0 saturated heterocycles. The van der Waals surface area contributed by atoms with Gasteiger partial charge in [-0.1, -0.05) is 12.1 Å². The van der Waals surface area contributed by atoms with Gasteiger partial charge < -0.3 is 10.6 Å².